The molecule has 6 heteroatoms. The highest BCUT2D eigenvalue weighted by atomic mass is 32.1. The summed E-state index contributed by atoms with van der Waals surface area (Å²) >= 11 is 1.79. The fourth-order valence-electron chi connectivity index (χ4n) is 3.39. The van der Waals surface area contributed by atoms with Gasteiger partial charge in [-0.1, -0.05) is 0 Å². The SMILES string of the molecule is O=C(Nc1ccc(N2CCCCC2)nc1)N1CCc2sccc2C1. The van der Waals surface area contributed by atoms with E-state index in [-0.39, 0.29) is 6.03 Å². The number of anilines is 2. The molecule has 1 saturated heterocycles. The van der Waals surface area contributed by atoms with Crippen molar-refractivity contribution in [3.8, 4) is 0 Å². The van der Waals surface area contributed by atoms with E-state index >= 15 is 0 Å². The molecule has 2 aromatic rings. The van der Waals surface area contributed by atoms with Crippen molar-refractivity contribution in [1.29, 1.82) is 0 Å². The molecular weight excluding hydrogens is 320 g/mol. The molecular formula is C18H22N4OS. The van der Waals surface area contributed by atoms with Gasteiger partial charge in [0.05, 0.1) is 11.9 Å². The van der Waals surface area contributed by atoms with Crippen molar-refractivity contribution in [2.24, 2.45) is 0 Å². The first-order valence-corrected chi connectivity index (χ1v) is 9.50. The predicted octanol–water partition coefficient (Wildman–Crippen LogP) is 3.72. The summed E-state index contributed by atoms with van der Waals surface area (Å²) < 4.78 is 0. The Labute approximate surface area is 146 Å². The molecule has 0 bridgehead atoms. The van der Waals surface area contributed by atoms with Crippen LogP contribution in [-0.2, 0) is 13.0 Å². The van der Waals surface area contributed by atoms with E-state index in [1.807, 2.05) is 17.0 Å². The summed E-state index contributed by atoms with van der Waals surface area (Å²) in [5, 5.41) is 5.08. The zero-order valence-corrected chi connectivity index (χ0v) is 14.5. The lowest BCUT2D eigenvalue weighted by Gasteiger charge is -2.28. The molecule has 2 aliphatic rings. The minimum Gasteiger partial charge on any atom is -0.357 e. The fraction of sp³-hybridized carbons (Fsp3) is 0.444. The second-order valence-electron chi connectivity index (χ2n) is 6.42. The molecule has 126 valence electrons. The standard InChI is InChI=1S/C18H22N4OS/c23-18(22-10-6-16-14(13-22)7-11-24-16)20-15-4-5-17(19-12-15)21-8-2-1-3-9-21/h4-5,7,11-12H,1-3,6,8-10,13H2,(H,20,23). The van der Waals surface area contributed by atoms with Gasteiger partial charge < -0.3 is 15.1 Å². The van der Waals surface area contributed by atoms with Crippen LogP contribution in [0.15, 0.2) is 29.8 Å². The van der Waals surface area contributed by atoms with Crippen LogP contribution in [-0.4, -0.2) is 35.5 Å². The topological polar surface area (TPSA) is 48.5 Å². The zero-order valence-electron chi connectivity index (χ0n) is 13.7. The van der Waals surface area contributed by atoms with Gasteiger partial charge in [-0.3, -0.25) is 0 Å². The van der Waals surface area contributed by atoms with Crippen LogP contribution in [0.3, 0.4) is 0 Å². The van der Waals surface area contributed by atoms with Gasteiger partial charge in [0.2, 0.25) is 0 Å². The molecule has 4 rings (SSSR count). The molecule has 2 aromatic heterocycles. The molecule has 24 heavy (non-hydrogen) atoms. The number of rotatable bonds is 2. The molecule has 5 nitrogen and oxygen atoms in total. The van der Waals surface area contributed by atoms with Gasteiger partial charge in [0, 0.05) is 31.1 Å². The molecule has 0 aromatic carbocycles. The Morgan fingerprint density at radius 1 is 1.12 bits per heavy atom. The summed E-state index contributed by atoms with van der Waals surface area (Å²) in [7, 11) is 0. The monoisotopic (exact) mass is 342 g/mol. The summed E-state index contributed by atoms with van der Waals surface area (Å²) in [5.74, 6) is 1.01. The normalized spacial score (nSPS) is 17.5. The maximum Gasteiger partial charge on any atom is 0.322 e. The number of aromatic nitrogens is 1. The van der Waals surface area contributed by atoms with Crippen molar-refractivity contribution in [2.75, 3.05) is 29.9 Å². The summed E-state index contributed by atoms with van der Waals surface area (Å²) in [6.45, 7) is 3.63. The van der Waals surface area contributed by atoms with Gasteiger partial charge in [-0.15, -0.1) is 11.3 Å². The number of pyridine rings is 1. The van der Waals surface area contributed by atoms with E-state index in [1.54, 1.807) is 17.5 Å². The number of fused-ring (bicyclic) bond motifs is 1. The third kappa shape index (κ3) is 3.24. The number of carbonyl (C=O) groups excluding carboxylic acids is 1. The number of nitrogens with zero attached hydrogens (tertiary/aromatic N) is 3. The van der Waals surface area contributed by atoms with Crippen molar-refractivity contribution in [3.05, 3.63) is 40.2 Å². The summed E-state index contributed by atoms with van der Waals surface area (Å²) in [6, 6.07) is 6.04. The lowest BCUT2D eigenvalue weighted by atomic mass is 10.1. The number of nitrogens with one attached hydrogen (secondary N) is 1. The van der Waals surface area contributed by atoms with E-state index in [1.165, 1.54) is 29.7 Å². The van der Waals surface area contributed by atoms with Gasteiger partial charge >= 0.3 is 6.03 Å². The van der Waals surface area contributed by atoms with E-state index in [4.69, 9.17) is 0 Å². The lowest BCUT2D eigenvalue weighted by Crippen LogP contribution is -2.38. The number of carbonyl (C=O) groups is 1. The van der Waals surface area contributed by atoms with Crippen LogP contribution < -0.4 is 10.2 Å². The molecule has 2 aliphatic heterocycles. The van der Waals surface area contributed by atoms with Crippen molar-refractivity contribution in [3.63, 3.8) is 0 Å². The second kappa shape index (κ2) is 6.81. The third-order valence-electron chi connectivity index (χ3n) is 4.77. The highest BCUT2D eigenvalue weighted by Gasteiger charge is 2.21. The average Bonchev–Trinajstić information content (AvgIpc) is 3.11. The summed E-state index contributed by atoms with van der Waals surface area (Å²) in [5.41, 5.74) is 2.04. The fourth-order valence-corrected chi connectivity index (χ4v) is 4.28. The Balaban J connectivity index is 1.37. The molecule has 0 spiro atoms. The third-order valence-corrected chi connectivity index (χ3v) is 5.80. The second-order valence-corrected chi connectivity index (χ2v) is 7.42. The minimum absolute atomic E-state index is 0.0422. The maximum absolute atomic E-state index is 12.5. The van der Waals surface area contributed by atoms with E-state index in [0.717, 1.165) is 37.6 Å². The van der Waals surface area contributed by atoms with Gasteiger partial charge in [-0.2, -0.15) is 0 Å². The van der Waals surface area contributed by atoms with Crippen molar-refractivity contribution < 1.29 is 4.79 Å². The van der Waals surface area contributed by atoms with Crippen LogP contribution in [0, 0.1) is 0 Å². The molecule has 0 aliphatic carbocycles. The maximum atomic E-state index is 12.5. The minimum atomic E-state index is -0.0422. The van der Waals surface area contributed by atoms with Gasteiger partial charge in [-0.05, 0) is 54.8 Å². The van der Waals surface area contributed by atoms with Gasteiger partial charge in [0.25, 0.3) is 0 Å². The van der Waals surface area contributed by atoms with Crippen LogP contribution in [0.4, 0.5) is 16.3 Å². The first-order chi connectivity index (χ1) is 11.8. The quantitative estimate of drug-likeness (QED) is 0.905. The van der Waals surface area contributed by atoms with Crippen LogP contribution in [0.2, 0.25) is 0 Å². The molecule has 0 atom stereocenters. The Hall–Kier alpha value is -2.08. The first-order valence-electron chi connectivity index (χ1n) is 8.62. The summed E-state index contributed by atoms with van der Waals surface area (Å²) in [4.78, 5) is 22.6. The smallest absolute Gasteiger partial charge is 0.322 e. The van der Waals surface area contributed by atoms with Gasteiger partial charge in [0.1, 0.15) is 5.82 Å². The Morgan fingerprint density at radius 2 is 2.00 bits per heavy atom. The Morgan fingerprint density at radius 3 is 2.79 bits per heavy atom. The van der Waals surface area contributed by atoms with Crippen molar-refractivity contribution in [2.45, 2.75) is 32.2 Å². The van der Waals surface area contributed by atoms with Crippen LogP contribution in [0.25, 0.3) is 0 Å². The molecule has 4 heterocycles. The van der Waals surface area contributed by atoms with Crippen molar-refractivity contribution in [1.82, 2.24) is 9.88 Å². The Bertz CT molecular complexity index is 706. The lowest BCUT2D eigenvalue weighted by molar-refractivity contribution is 0.207. The van der Waals surface area contributed by atoms with E-state index in [0.29, 0.717) is 6.54 Å². The number of amides is 2. The molecule has 0 radical (unpaired) electrons. The number of thiophene rings is 1. The number of urea groups is 1. The van der Waals surface area contributed by atoms with E-state index < -0.39 is 0 Å². The van der Waals surface area contributed by atoms with E-state index in [9.17, 15) is 4.79 Å². The molecule has 2 amide bonds. The van der Waals surface area contributed by atoms with Gasteiger partial charge in [-0.25, -0.2) is 9.78 Å². The van der Waals surface area contributed by atoms with Crippen LogP contribution in [0.1, 0.15) is 29.7 Å². The average molecular weight is 342 g/mol. The first kappa shape index (κ1) is 15.4. The van der Waals surface area contributed by atoms with Crippen LogP contribution in [0.5, 0.6) is 0 Å². The molecule has 0 saturated carbocycles. The molecule has 1 fully saturated rings. The highest BCUT2D eigenvalue weighted by molar-refractivity contribution is 7.10. The molecule has 0 unspecified atom stereocenters. The summed E-state index contributed by atoms with van der Waals surface area (Å²) in [6.07, 6.45) is 6.50. The van der Waals surface area contributed by atoms with Gasteiger partial charge in [0.15, 0.2) is 0 Å². The van der Waals surface area contributed by atoms with Crippen LogP contribution >= 0.6 is 11.3 Å². The van der Waals surface area contributed by atoms with E-state index in [2.05, 4.69) is 26.6 Å². The Kier molecular flexibility index (Phi) is 4.38. The molecule has 1 N–H and O–H groups in total. The highest BCUT2D eigenvalue weighted by Crippen LogP contribution is 2.25. The zero-order chi connectivity index (χ0) is 16.4. The van der Waals surface area contributed by atoms with Crippen molar-refractivity contribution >= 4 is 28.9 Å². The number of hydrogen-bond donors (Lipinski definition) is 1. The largest absolute Gasteiger partial charge is 0.357 e. The predicted molar refractivity (Wildman–Crippen MR) is 97.8 cm³/mol. The number of hydrogen-bond acceptors (Lipinski definition) is 4. The number of piperidine rings is 1.